The Bertz CT molecular complexity index is 783. The molecule has 1 aliphatic heterocycles. The van der Waals surface area contributed by atoms with Gasteiger partial charge in [0.1, 0.15) is 0 Å². The zero-order chi connectivity index (χ0) is 22.2. The lowest BCUT2D eigenvalue weighted by Gasteiger charge is -2.28. The van der Waals surface area contributed by atoms with Crippen molar-refractivity contribution in [2.24, 2.45) is 0 Å². The number of benzene rings is 1. The lowest BCUT2D eigenvalue weighted by Crippen LogP contribution is -2.43. The van der Waals surface area contributed by atoms with Crippen LogP contribution in [0.3, 0.4) is 0 Å². The fourth-order valence-corrected chi connectivity index (χ4v) is 4.43. The Morgan fingerprint density at radius 1 is 1.03 bits per heavy atom. The second-order valence-corrected chi connectivity index (χ2v) is 8.99. The van der Waals surface area contributed by atoms with Crippen LogP contribution in [0.1, 0.15) is 37.8 Å². The van der Waals surface area contributed by atoms with Gasteiger partial charge in [-0.05, 0) is 44.9 Å². The summed E-state index contributed by atoms with van der Waals surface area (Å²) in [4.78, 5) is 0.792. The highest BCUT2D eigenvalue weighted by atomic mass is 32.2. The summed E-state index contributed by atoms with van der Waals surface area (Å²) >= 11 is 0. The molecule has 0 spiro atoms. The first kappa shape index (κ1) is 23.9. The van der Waals surface area contributed by atoms with Crippen molar-refractivity contribution in [1.29, 1.82) is 0 Å². The zero-order valence-corrected chi connectivity index (χ0v) is 16.5. The quantitative estimate of drug-likeness (QED) is 0.656. The topological polar surface area (TPSA) is 69.6 Å². The molecular weight excluding hydrogens is 426 g/mol. The van der Waals surface area contributed by atoms with E-state index in [4.69, 9.17) is 0 Å². The molecule has 2 unspecified atom stereocenters. The van der Waals surface area contributed by atoms with Gasteiger partial charge in [-0.2, -0.15) is 26.3 Å². The molecule has 1 heterocycles. The normalized spacial score (nSPS) is 22.8. The summed E-state index contributed by atoms with van der Waals surface area (Å²) in [5, 5.41) is 10.1. The molecule has 0 radical (unpaired) electrons. The molecule has 0 bridgehead atoms. The number of sulfonamides is 1. The maximum absolute atomic E-state index is 12.9. The van der Waals surface area contributed by atoms with Crippen LogP contribution in [0, 0.1) is 0 Å². The third-order valence-electron chi connectivity index (χ3n) is 4.94. The van der Waals surface area contributed by atoms with E-state index < -0.39 is 51.0 Å². The number of hydrogen-bond acceptors (Lipinski definition) is 4. The van der Waals surface area contributed by atoms with E-state index in [2.05, 4.69) is 0 Å². The molecule has 1 aliphatic rings. The maximum Gasteiger partial charge on any atom is 0.416 e. The molecular formula is C17H22F6N2O3S. The number of likely N-dealkylation sites (tertiary alicyclic amines) is 1. The second kappa shape index (κ2) is 8.40. The average molecular weight is 448 g/mol. The van der Waals surface area contributed by atoms with Gasteiger partial charge in [0.15, 0.2) is 0 Å². The summed E-state index contributed by atoms with van der Waals surface area (Å²) in [5.41, 5.74) is -3.46. The molecule has 2 N–H and O–H groups in total. The van der Waals surface area contributed by atoms with Gasteiger partial charge < -0.3 is 5.11 Å². The third-order valence-corrected chi connectivity index (χ3v) is 6.34. The Hall–Kier alpha value is -1.37. The van der Waals surface area contributed by atoms with Gasteiger partial charge in [-0.3, -0.25) is 4.90 Å². The first-order valence-corrected chi connectivity index (χ1v) is 10.3. The van der Waals surface area contributed by atoms with Crippen molar-refractivity contribution in [1.82, 2.24) is 9.62 Å². The van der Waals surface area contributed by atoms with Gasteiger partial charge in [0.05, 0.1) is 22.1 Å². The van der Waals surface area contributed by atoms with Crippen molar-refractivity contribution in [3.63, 3.8) is 0 Å². The molecule has 5 nitrogen and oxygen atoms in total. The van der Waals surface area contributed by atoms with Crippen molar-refractivity contribution >= 4 is 10.0 Å². The third kappa shape index (κ3) is 6.06. The van der Waals surface area contributed by atoms with Crippen LogP contribution >= 0.6 is 0 Å². The minimum atomic E-state index is -5.16. The fourth-order valence-electron chi connectivity index (χ4n) is 3.29. The van der Waals surface area contributed by atoms with Gasteiger partial charge in [0.2, 0.25) is 10.0 Å². The van der Waals surface area contributed by atoms with Crippen LogP contribution in [-0.4, -0.2) is 49.7 Å². The summed E-state index contributed by atoms with van der Waals surface area (Å²) in [7, 11) is -4.71. The molecule has 0 aliphatic carbocycles. The summed E-state index contributed by atoms with van der Waals surface area (Å²) in [6.45, 7) is 3.47. The van der Waals surface area contributed by atoms with E-state index in [1.54, 1.807) is 0 Å². The van der Waals surface area contributed by atoms with Gasteiger partial charge in [-0.25, -0.2) is 13.1 Å². The number of rotatable bonds is 6. The van der Waals surface area contributed by atoms with E-state index in [-0.39, 0.29) is 36.8 Å². The minimum Gasteiger partial charge on any atom is -0.390 e. The molecule has 1 fully saturated rings. The van der Waals surface area contributed by atoms with Crippen LogP contribution < -0.4 is 4.72 Å². The van der Waals surface area contributed by atoms with Crippen LogP contribution in [0.2, 0.25) is 0 Å². The molecule has 1 aromatic rings. The largest absolute Gasteiger partial charge is 0.416 e. The van der Waals surface area contributed by atoms with Crippen molar-refractivity contribution in [3.8, 4) is 0 Å². The number of hydrogen-bond donors (Lipinski definition) is 2. The number of aliphatic hydroxyl groups excluding tert-OH is 1. The van der Waals surface area contributed by atoms with E-state index >= 15 is 0 Å². The number of β-amino-alcohol motifs (C(OH)–C–C–N with tert-alkyl or cyclic N) is 1. The highest BCUT2D eigenvalue weighted by Gasteiger charge is 2.38. The molecule has 1 aromatic carbocycles. The molecule has 12 heteroatoms. The van der Waals surface area contributed by atoms with E-state index in [0.29, 0.717) is 0 Å². The van der Waals surface area contributed by atoms with Gasteiger partial charge >= 0.3 is 12.4 Å². The Balaban J connectivity index is 2.19. The van der Waals surface area contributed by atoms with E-state index in [1.807, 2.05) is 23.5 Å². The predicted molar refractivity (Wildman–Crippen MR) is 92.5 cm³/mol. The lowest BCUT2D eigenvalue weighted by atomic mass is 10.1. The average Bonchev–Trinajstić information content (AvgIpc) is 2.90. The van der Waals surface area contributed by atoms with Crippen LogP contribution in [0.15, 0.2) is 23.1 Å². The van der Waals surface area contributed by atoms with Gasteiger partial charge in [-0.1, -0.05) is 0 Å². The molecule has 0 amide bonds. The first-order chi connectivity index (χ1) is 13.1. The fraction of sp³-hybridized carbons (Fsp3) is 0.647. The summed E-state index contributed by atoms with van der Waals surface area (Å²) in [5.74, 6) is 0. The molecule has 2 rings (SSSR count). The van der Waals surface area contributed by atoms with Crippen LogP contribution in [-0.2, 0) is 22.4 Å². The van der Waals surface area contributed by atoms with E-state index in [0.717, 1.165) is 12.8 Å². The molecule has 166 valence electrons. The number of alkyl halides is 6. The number of nitrogens with one attached hydrogen (secondary N) is 1. The number of nitrogens with zero attached hydrogens (tertiary/aromatic N) is 1. The highest BCUT2D eigenvalue weighted by Crippen LogP contribution is 2.37. The lowest BCUT2D eigenvalue weighted by molar-refractivity contribution is -0.143. The van der Waals surface area contributed by atoms with Crippen molar-refractivity contribution in [2.45, 2.75) is 62.1 Å². The molecule has 29 heavy (non-hydrogen) atoms. The molecule has 1 saturated heterocycles. The molecule has 0 aromatic heterocycles. The van der Waals surface area contributed by atoms with Gasteiger partial charge in [0.25, 0.3) is 0 Å². The maximum atomic E-state index is 12.9. The predicted octanol–water partition coefficient (Wildman–Crippen LogP) is 3.24. The summed E-state index contributed by atoms with van der Waals surface area (Å²) in [6.07, 6.45) is -9.69. The second-order valence-electron chi connectivity index (χ2n) is 7.22. The standard InChI is InChI=1S/C17H22F6N2O3S/c1-10-3-4-11(2)25(10)9-14(26)8-24-29(27,28)15-6-12(16(18,19)20)5-13(7-15)17(21,22)23/h5-7,10-11,14,24,26H,3-4,8-9H2,1-2H3/t10?,11?,14-/m0/s1. The summed E-state index contributed by atoms with van der Waals surface area (Å²) < 4.78 is 104. The van der Waals surface area contributed by atoms with Crippen LogP contribution in [0.25, 0.3) is 0 Å². The Labute approximate surface area is 164 Å². The van der Waals surface area contributed by atoms with Crippen LogP contribution in [0.4, 0.5) is 26.3 Å². The minimum absolute atomic E-state index is 0.126. The van der Waals surface area contributed by atoms with Gasteiger partial charge in [0, 0.05) is 25.2 Å². The molecule has 3 atom stereocenters. The number of aliphatic hydroxyl groups is 1. The smallest absolute Gasteiger partial charge is 0.390 e. The van der Waals surface area contributed by atoms with E-state index in [9.17, 15) is 39.9 Å². The van der Waals surface area contributed by atoms with Crippen molar-refractivity contribution in [2.75, 3.05) is 13.1 Å². The highest BCUT2D eigenvalue weighted by molar-refractivity contribution is 7.89. The molecule has 0 saturated carbocycles. The Morgan fingerprint density at radius 2 is 1.48 bits per heavy atom. The monoisotopic (exact) mass is 448 g/mol. The number of halogens is 6. The Morgan fingerprint density at radius 3 is 1.90 bits per heavy atom. The van der Waals surface area contributed by atoms with Crippen LogP contribution in [0.5, 0.6) is 0 Å². The van der Waals surface area contributed by atoms with Crippen molar-refractivity contribution in [3.05, 3.63) is 29.3 Å². The van der Waals surface area contributed by atoms with E-state index in [1.165, 1.54) is 0 Å². The first-order valence-electron chi connectivity index (χ1n) is 8.84. The SMILES string of the molecule is CC1CCC(C)N1C[C@@H](O)CNS(=O)(=O)c1cc(C(F)(F)F)cc(C(F)(F)F)c1. The van der Waals surface area contributed by atoms with Crippen molar-refractivity contribution < 1.29 is 39.9 Å². The Kier molecular flexibility index (Phi) is 6.93. The summed E-state index contributed by atoms with van der Waals surface area (Å²) in [6, 6.07) is 0.468. The van der Waals surface area contributed by atoms with Gasteiger partial charge in [-0.15, -0.1) is 0 Å². The zero-order valence-electron chi connectivity index (χ0n) is 15.7.